The molecule has 9 nitrogen and oxygen atoms in total. The molecule has 1 saturated heterocycles. The number of benzene rings is 2. The molecule has 1 aliphatic rings. The van der Waals surface area contributed by atoms with Crippen molar-refractivity contribution in [3.63, 3.8) is 0 Å². The highest BCUT2D eigenvalue weighted by Crippen LogP contribution is 2.23. The predicted molar refractivity (Wildman–Crippen MR) is 135 cm³/mol. The Morgan fingerprint density at radius 2 is 1.71 bits per heavy atom. The highest BCUT2D eigenvalue weighted by molar-refractivity contribution is 7.10. The van der Waals surface area contributed by atoms with E-state index in [0.717, 1.165) is 28.0 Å². The summed E-state index contributed by atoms with van der Waals surface area (Å²) in [5, 5.41) is 16.4. The minimum absolute atomic E-state index is 0.00949. The second kappa shape index (κ2) is 11.8. The summed E-state index contributed by atoms with van der Waals surface area (Å²) in [7, 11) is 0. The van der Waals surface area contributed by atoms with Crippen LogP contribution >= 0.6 is 11.3 Å². The third kappa shape index (κ3) is 6.51. The molecule has 4 rings (SSSR count). The number of carboxylic acid groups (broad SMARTS) is 1. The Morgan fingerprint density at radius 1 is 0.974 bits per heavy atom. The lowest BCUT2D eigenvalue weighted by Crippen LogP contribution is -2.55. The number of carboxylic acids is 1. The van der Waals surface area contributed by atoms with Gasteiger partial charge in [0, 0.05) is 23.7 Å². The van der Waals surface area contributed by atoms with Crippen LogP contribution in [0.2, 0.25) is 0 Å². The number of aliphatic carboxylic acids is 1. The molecule has 198 valence electrons. The molecular formula is C26H24F2N4O5S. The average Bonchev–Trinajstić information content (AvgIpc) is 3.54. The quantitative estimate of drug-likeness (QED) is 0.402. The van der Waals surface area contributed by atoms with Crippen LogP contribution in [0.3, 0.4) is 0 Å². The number of nitrogens with zero attached hydrogens (tertiary/aromatic N) is 2. The lowest BCUT2D eigenvalue weighted by molar-refractivity contribution is -0.142. The summed E-state index contributed by atoms with van der Waals surface area (Å²) >= 11 is 1.37. The molecule has 0 spiro atoms. The highest BCUT2D eigenvalue weighted by Gasteiger charge is 2.43. The summed E-state index contributed by atoms with van der Waals surface area (Å²) in [4.78, 5) is 54.6. The molecule has 0 bridgehead atoms. The van der Waals surface area contributed by atoms with Gasteiger partial charge in [0.2, 0.25) is 5.91 Å². The number of hydrogen-bond acceptors (Lipinski definition) is 5. The van der Waals surface area contributed by atoms with Crippen LogP contribution in [0.25, 0.3) is 0 Å². The number of carbonyl (C=O) groups is 4. The maximum absolute atomic E-state index is 13.6. The number of halogens is 2. The fourth-order valence-electron chi connectivity index (χ4n) is 4.18. The summed E-state index contributed by atoms with van der Waals surface area (Å²) in [5.74, 6) is -3.49. The maximum atomic E-state index is 13.6. The SMILES string of the molecule is O=C(O)CC(NC(=O)C1N(C(=O)Cc2cccs2)CCN1C(=O)Nc1cccc(F)c1)c1ccc(F)cc1. The number of rotatable bonds is 8. The molecule has 2 heterocycles. The smallest absolute Gasteiger partial charge is 0.323 e. The first-order valence-corrected chi connectivity index (χ1v) is 12.5. The van der Waals surface area contributed by atoms with Gasteiger partial charge in [-0.05, 0) is 47.3 Å². The molecule has 3 aromatic rings. The standard InChI is InChI=1S/C26H24F2N4O5S/c27-17-8-6-16(7-9-17)21(15-23(34)35)30-24(36)25-31(22(33)14-20-5-2-12-38-20)10-11-32(25)26(37)29-19-4-1-3-18(28)13-19/h1-9,12-13,21,25H,10-11,14-15H2,(H,29,37)(H,30,36)(H,34,35). The molecule has 1 aliphatic heterocycles. The lowest BCUT2D eigenvalue weighted by Gasteiger charge is -2.31. The molecule has 1 fully saturated rings. The van der Waals surface area contributed by atoms with Gasteiger partial charge in [-0.15, -0.1) is 11.3 Å². The number of amides is 4. The van der Waals surface area contributed by atoms with E-state index in [9.17, 15) is 33.1 Å². The number of nitrogens with one attached hydrogen (secondary N) is 2. The van der Waals surface area contributed by atoms with E-state index in [0.29, 0.717) is 5.56 Å². The molecule has 0 aliphatic carbocycles. The van der Waals surface area contributed by atoms with Crippen molar-refractivity contribution < 1.29 is 33.1 Å². The topological polar surface area (TPSA) is 119 Å². The van der Waals surface area contributed by atoms with E-state index in [1.807, 2.05) is 5.38 Å². The summed E-state index contributed by atoms with van der Waals surface area (Å²) in [5.41, 5.74) is 0.500. The average molecular weight is 543 g/mol. The van der Waals surface area contributed by atoms with Crippen molar-refractivity contribution in [2.45, 2.75) is 25.0 Å². The highest BCUT2D eigenvalue weighted by atomic mass is 32.1. The van der Waals surface area contributed by atoms with Crippen molar-refractivity contribution in [2.24, 2.45) is 0 Å². The van der Waals surface area contributed by atoms with E-state index in [-0.39, 0.29) is 25.2 Å². The Hall–Kier alpha value is -4.32. The fourth-order valence-corrected chi connectivity index (χ4v) is 4.87. The van der Waals surface area contributed by atoms with Gasteiger partial charge < -0.3 is 20.6 Å². The van der Waals surface area contributed by atoms with Gasteiger partial charge in [0.1, 0.15) is 11.6 Å². The van der Waals surface area contributed by atoms with Crippen LogP contribution in [0, 0.1) is 11.6 Å². The Balaban J connectivity index is 1.60. The van der Waals surface area contributed by atoms with E-state index in [2.05, 4.69) is 10.6 Å². The van der Waals surface area contributed by atoms with Gasteiger partial charge in [-0.3, -0.25) is 19.3 Å². The van der Waals surface area contributed by atoms with E-state index in [1.165, 1.54) is 46.6 Å². The van der Waals surface area contributed by atoms with E-state index in [1.54, 1.807) is 12.1 Å². The number of carbonyl (C=O) groups excluding carboxylic acids is 3. The Kier molecular flexibility index (Phi) is 8.31. The van der Waals surface area contributed by atoms with Crippen LogP contribution in [0.15, 0.2) is 66.0 Å². The minimum atomic E-state index is -1.40. The van der Waals surface area contributed by atoms with Crippen LogP contribution in [-0.4, -0.2) is 58.0 Å². The van der Waals surface area contributed by atoms with Crippen LogP contribution in [0.5, 0.6) is 0 Å². The van der Waals surface area contributed by atoms with Crippen molar-refractivity contribution in [1.29, 1.82) is 0 Å². The van der Waals surface area contributed by atoms with Gasteiger partial charge >= 0.3 is 12.0 Å². The van der Waals surface area contributed by atoms with Gasteiger partial charge in [0.15, 0.2) is 6.17 Å². The molecule has 3 N–H and O–H groups in total. The Bertz CT molecular complexity index is 1320. The van der Waals surface area contributed by atoms with Crippen molar-refractivity contribution in [3.8, 4) is 0 Å². The predicted octanol–water partition coefficient (Wildman–Crippen LogP) is 3.60. The summed E-state index contributed by atoms with van der Waals surface area (Å²) in [6.07, 6.45) is -1.90. The van der Waals surface area contributed by atoms with Gasteiger partial charge in [-0.2, -0.15) is 0 Å². The molecular weight excluding hydrogens is 518 g/mol. The molecule has 0 saturated carbocycles. The lowest BCUT2D eigenvalue weighted by atomic mass is 10.0. The van der Waals surface area contributed by atoms with Crippen molar-refractivity contribution >= 4 is 40.8 Å². The normalized spacial score (nSPS) is 15.7. The molecule has 1 aromatic heterocycles. The number of anilines is 1. The zero-order chi connectivity index (χ0) is 27.2. The third-order valence-electron chi connectivity index (χ3n) is 5.94. The maximum Gasteiger partial charge on any atom is 0.323 e. The van der Waals surface area contributed by atoms with Gasteiger partial charge in [-0.25, -0.2) is 13.6 Å². The van der Waals surface area contributed by atoms with Crippen molar-refractivity contribution in [2.75, 3.05) is 18.4 Å². The summed E-state index contributed by atoms with van der Waals surface area (Å²) < 4.78 is 27.1. The van der Waals surface area contributed by atoms with Crippen LogP contribution < -0.4 is 10.6 Å². The zero-order valence-corrected chi connectivity index (χ0v) is 20.8. The van der Waals surface area contributed by atoms with Crippen molar-refractivity contribution in [3.05, 3.63) is 88.1 Å². The monoisotopic (exact) mass is 542 g/mol. The third-order valence-corrected chi connectivity index (χ3v) is 6.81. The van der Waals surface area contributed by atoms with Gasteiger partial charge in [0.05, 0.1) is 18.9 Å². The van der Waals surface area contributed by atoms with Crippen molar-refractivity contribution in [1.82, 2.24) is 15.1 Å². The van der Waals surface area contributed by atoms with Crippen LogP contribution in [0.1, 0.15) is 22.9 Å². The zero-order valence-electron chi connectivity index (χ0n) is 20.0. The largest absolute Gasteiger partial charge is 0.481 e. The minimum Gasteiger partial charge on any atom is -0.481 e. The first kappa shape index (κ1) is 26.7. The summed E-state index contributed by atoms with van der Waals surface area (Å²) in [6, 6.07) is 12.0. The number of hydrogen-bond donors (Lipinski definition) is 3. The van der Waals surface area contributed by atoms with E-state index in [4.69, 9.17) is 0 Å². The fraction of sp³-hybridized carbons (Fsp3) is 0.231. The first-order valence-electron chi connectivity index (χ1n) is 11.6. The molecule has 2 aromatic carbocycles. The molecule has 2 unspecified atom stereocenters. The van der Waals surface area contributed by atoms with Gasteiger partial charge in [0.25, 0.3) is 5.91 Å². The number of urea groups is 1. The molecule has 38 heavy (non-hydrogen) atoms. The molecule has 4 amide bonds. The molecule has 12 heteroatoms. The molecule has 0 radical (unpaired) electrons. The Labute approximate surface area is 220 Å². The Morgan fingerprint density at radius 3 is 2.37 bits per heavy atom. The molecule has 2 atom stereocenters. The van der Waals surface area contributed by atoms with E-state index >= 15 is 0 Å². The second-order valence-electron chi connectivity index (χ2n) is 8.56. The van der Waals surface area contributed by atoms with Crippen LogP contribution in [-0.2, 0) is 20.8 Å². The summed E-state index contributed by atoms with van der Waals surface area (Å²) in [6.45, 7) is 0.0641. The van der Waals surface area contributed by atoms with E-state index < -0.39 is 54.1 Å². The second-order valence-corrected chi connectivity index (χ2v) is 9.59. The number of thiophene rings is 1. The first-order chi connectivity index (χ1) is 18.2. The van der Waals surface area contributed by atoms with Gasteiger partial charge in [-0.1, -0.05) is 24.3 Å². The van der Waals surface area contributed by atoms with Crippen LogP contribution in [0.4, 0.5) is 19.3 Å².